The molecule has 0 saturated heterocycles. The summed E-state index contributed by atoms with van der Waals surface area (Å²) in [6, 6.07) is 19.0. The number of carbonyl (C=O) groups excluding carboxylic acids is 1. The van der Waals surface area contributed by atoms with Gasteiger partial charge in [0.25, 0.3) is 5.91 Å². The second-order valence-electron chi connectivity index (χ2n) is 7.00. The predicted molar refractivity (Wildman–Crippen MR) is 111 cm³/mol. The molecule has 7 heteroatoms. The molecule has 0 aliphatic carbocycles. The largest absolute Gasteiger partial charge is 0.467 e. The van der Waals surface area contributed by atoms with Gasteiger partial charge in [-0.25, -0.2) is 9.40 Å². The molecule has 150 valence electrons. The first-order chi connectivity index (χ1) is 14.7. The van der Waals surface area contributed by atoms with E-state index in [0.717, 1.165) is 11.0 Å². The third-order valence-electron chi connectivity index (χ3n) is 5.05. The summed E-state index contributed by atoms with van der Waals surface area (Å²) in [6.07, 6.45) is 2.02. The molecule has 0 fully saturated rings. The lowest BCUT2D eigenvalue weighted by Gasteiger charge is -2.20. The number of hydrogen-bond donors (Lipinski definition) is 1. The van der Waals surface area contributed by atoms with Crippen LogP contribution >= 0.6 is 0 Å². The molecule has 2 aromatic carbocycles. The molecule has 0 unspecified atom stereocenters. The van der Waals surface area contributed by atoms with E-state index in [4.69, 9.17) is 8.83 Å². The Morgan fingerprint density at radius 3 is 2.77 bits per heavy atom. The maximum Gasteiger partial charge on any atom is 0.262 e. The number of furan rings is 2. The normalized spacial score (nSPS) is 16.1. The summed E-state index contributed by atoms with van der Waals surface area (Å²) >= 11 is 0. The van der Waals surface area contributed by atoms with Crippen LogP contribution in [0.2, 0.25) is 0 Å². The highest BCUT2D eigenvalue weighted by Crippen LogP contribution is 2.34. The summed E-state index contributed by atoms with van der Waals surface area (Å²) in [6.45, 7) is -0.102. The smallest absolute Gasteiger partial charge is 0.262 e. The third-order valence-corrected chi connectivity index (χ3v) is 5.05. The van der Waals surface area contributed by atoms with Crippen molar-refractivity contribution in [1.82, 2.24) is 5.01 Å². The Balaban J connectivity index is 1.42. The van der Waals surface area contributed by atoms with Crippen molar-refractivity contribution in [2.45, 2.75) is 12.5 Å². The molecule has 0 spiro atoms. The highest BCUT2D eigenvalue weighted by molar-refractivity contribution is 6.03. The number of anilines is 1. The van der Waals surface area contributed by atoms with E-state index in [1.165, 1.54) is 11.1 Å². The van der Waals surface area contributed by atoms with Gasteiger partial charge in [0.1, 0.15) is 28.9 Å². The van der Waals surface area contributed by atoms with Gasteiger partial charge in [-0.05, 0) is 36.4 Å². The van der Waals surface area contributed by atoms with Crippen molar-refractivity contribution in [2.24, 2.45) is 5.10 Å². The van der Waals surface area contributed by atoms with Crippen LogP contribution in [-0.2, 0) is 4.79 Å². The van der Waals surface area contributed by atoms with E-state index < -0.39 is 11.9 Å². The molecule has 1 aliphatic rings. The number of carbonyl (C=O) groups is 1. The Bertz CT molecular complexity index is 1200. The van der Waals surface area contributed by atoms with Crippen molar-refractivity contribution in [1.29, 1.82) is 0 Å². The number of nitrogens with one attached hydrogen (secondary N) is 1. The van der Waals surface area contributed by atoms with E-state index in [-0.39, 0.29) is 18.1 Å². The second kappa shape index (κ2) is 7.51. The van der Waals surface area contributed by atoms with E-state index in [1.807, 2.05) is 36.4 Å². The minimum Gasteiger partial charge on any atom is -0.467 e. The maximum atomic E-state index is 13.9. The molecule has 0 bridgehead atoms. The van der Waals surface area contributed by atoms with Crippen LogP contribution in [0.15, 0.2) is 86.9 Å². The van der Waals surface area contributed by atoms with E-state index in [2.05, 4.69) is 10.4 Å². The third kappa shape index (κ3) is 3.34. The number of rotatable bonds is 5. The summed E-state index contributed by atoms with van der Waals surface area (Å²) in [7, 11) is 0. The van der Waals surface area contributed by atoms with Crippen LogP contribution in [0.4, 0.5) is 10.1 Å². The minimum atomic E-state index is -0.416. The summed E-state index contributed by atoms with van der Waals surface area (Å²) in [5.41, 5.74) is 1.68. The number of benzene rings is 2. The van der Waals surface area contributed by atoms with Gasteiger partial charge in [-0.1, -0.05) is 30.3 Å². The van der Waals surface area contributed by atoms with Gasteiger partial charge >= 0.3 is 0 Å². The molecule has 4 aromatic rings. The van der Waals surface area contributed by atoms with Crippen molar-refractivity contribution in [3.05, 3.63) is 90.3 Å². The van der Waals surface area contributed by atoms with Crippen molar-refractivity contribution in [3.8, 4) is 0 Å². The molecule has 5 rings (SSSR count). The summed E-state index contributed by atoms with van der Waals surface area (Å²) < 4.78 is 25.3. The van der Waals surface area contributed by atoms with Crippen LogP contribution in [0.3, 0.4) is 0 Å². The average Bonchev–Trinajstić information content (AvgIpc) is 3.51. The van der Waals surface area contributed by atoms with Crippen molar-refractivity contribution < 1.29 is 18.0 Å². The zero-order valence-corrected chi connectivity index (χ0v) is 15.9. The molecule has 1 aliphatic heterocycles. The first-order valence-electron chi connectivity index (χ1n) is 9.59. The van der Waals surface area contributed by atoms with E-state index in [9.17, 15) is 9.18 Å². The minimum absolute atomic E-state index is 0.102. The lowest BCUT2D eigenvalue weighted by Crippen LogP contribution is -2.32. The number of para-hydroxylation sites is 2. The molecule has 0 saturated carbocycles. The Morgan fingerprint density at radius 1 is 1.13 bits per heavy atom. The van der Waals surface area contributed by atoms with Gasteiger partial charge in [0.2, 0.25) is 0 Å². The highest BCUT2D eigenvalue weighted by atomic mass is 19.1. The quantitative estimate of drug-likeness (QED) is 0.512. The monoisotopic (exact) mass is 403 g/mol. The van der Waals surface area contributed by atoms with Crippen molar-refractivity contribution >= 4 is 28.3 Å². The summed E-state index contributed by atoms with van der Waals surface area (Å²) in [4.78, 5) is 12.9. The van der Waals surface area contributed by atoms with Gasteiger partial charge in [-0.15, -0.1) is 0 Å². The van der Waals surface area contributed by atoms with E-state index in [1.54, 1.807) is 30.5 Å². The first-order valence-corrected chi connectivity index (χ1v) is 9.59. The number of hydrogen-bond acceptors (Lipinski definition) is 5. The fraction of sp³-hybridized carbons (Fsp3) is 0.130. The molecule has 3 heterocycles. The lowest BCUT2D eigenvalue weighted by atomic mass is 10.1. The van der Waals surface area contributed by atoms with Gasteiger partial charge < -0.3 is 14.2 Å². The number of fused-ring (bicyclic) bond motifs is 1. The van der Waals surface area contributed by atoms with E-state index in [0.29, 0.717) is 23.7 Å². The number of halogens is 1. The second-order valence-corrected chi connectivity index (χ2v) is 7.00. The van der Waals surface area contributed by atoms with Crippen molar-refractivity contribution in [3.63, 3.8) is 0 Å². The standard InChI is InChI=1S/C23H18FN3O3/c24-16-7-2-3-8-17(16)25-14-23(28)27-19(21-10-5-11-29-21)13-18(26-27)22-12-15-6-1-4-9-20(15)30-22/h1-12,19,25H,13-14H2/t19-/m1/s1. The molecular weight excluding hydrogens is 385 g/mol. The van der Waals surface area contributed by atoms with Gasteiger partial charge in [0.15, 0.2) is 5.76 Å². The fourth-order valence-electron chi connectivity index (χ4n) is 3.57. The SMILES string of the molecule is O=C(CNc1ccccc1F)N1N=C(c2cc3ccccc3o2)C[C@@H]1c1ccco1. The zero-order valence-electron chi connectivity index (χ0n) is 15.9. The molecule has 1 N–H and O–H groups in total. The Labute approximate surface area is 171 Å². The topological polar surface area (TPSA) is 71.0 Å². The molecule has 0 radical (unpaired) electrons. The van der Waals surface area contributed by atoms with Crippen LogP contribution < -0.4 is 5.32 Å². The molecule has 1 amide bonds. The zero-order chi connectivity index (χ0) is 20.5. The van der Waals surface area contributed by atoms with E-state index >= 15 is 0 Å². The summed E-state index contributed by atoms with van der Waals surface area (Å²) in [5.74, 6) is 0.528. The van der Waals surface area contributed by atoms with Crippen LogP contribution in [0.5, 0.6) is 0 Å². The highest BCUT2D eigenvalue weighted by Gasteiger charge is 2.35. The molecule has 6 nitrogen and oxygen atoms in total. The maximum absolute atomic E-state index is 13.9. The predicted octanol–water partition coefficient (Wildman–Crippen LogP) is 4.95. The van der Waals surface area contributed by atoms with Crippen molar-refractivity contribution in [2.75, 3.05) is 11.9 Å². The fourth-order valence-corrected chi connectivity index (χ4v) is 3.57. The Hall–Kier alpha value is -3.87. The Kier molecular flexibility index (Phi) is 4.55. The van der Waals surface area contributed by atoms with Crippen LogP contribution in [0.1, 0.15) is 24.0 Å². The van der Waals surface area contributed by atoms with Gasteiger partial charge in [-0.2, -0.15) is 5.10 Å². The lowest BCUT2D eigenvalue weighted by molar-refractivity contribution is -0.131. The van der Waals surface area contributed by atoms with Crippen LogP contribution in [0, 0.1) is 5.82 Å². The molecular formula is C23H18FN3O3. The number of nitrogens with zero attached hydrogens (tertiary/aromatic N) is 2. The number of amides is 1. The van der Waals surface area contributed by atoms with Crippen LogP contribution in [-0.4, -0.2) is 23.2 Å². The number of hydrazone groups is 1. The van der Waals surface area contributed by atoms with Gasteiger partial charge in [0.05, 0.1) is 18.5 Å². The molecule has 30 heavy (non-hydrogen) atoms. The molecule has 1 atom stereocenters. The average molecular weight is 403 g/mol. The summed E-state index contributed by atoms with van der Waals surface area (Å²) in [5, 5.41) is 9.73. The van der Waals surface area contributed by atoms with Gasteiger partial charge in [-0.3, -0.25) is 4.79 Å². The Morgan fingerprint density at radius 2 is 1.97 bits per heavy atom. The molecule has 2 aromatic heterocycles. The van der Waals surface area contributed by atoms with Crippen LogP contribution in [0.25, 0.3) is 11.0 Å². The van der Waals surface area contributed by atoms with Gasteiger partial charge in [0, 0.05) is 11.8 Å². The first kappa shape index (κ1) is 18.2.